The minimum absolute atomic E-state index is 0. The number of amides is 2. The summed E-state index contributed by atoms with van der Waals surface area (Å²) in [6, 6.07) is 5.24. The topological polar surface area (TPSA) is 70.2 Å². The smallest absolute Gasteiger partial charge is 0.253 e. The van der Waals surface area contributed by atoms with Crippen molar-refractivity contribution in [3.05, 3.63) is 28.8 Å². The minimum atomic E-state index is -0.168. The molecule has 2 amide bonds. The van der Waals surface area contributed by atoms with Gasteiger partial charge < -0.3 is 16.0 Å². The molecule has 25 heavy (non-hydrogen) atoms. The van der Waals surface area contributed by atoms with Gasteiger partial charge in [-0.1, -0.05) is 30.9 Å². The van der Waals surface area contributed by atoms with E-state index in [1.54, 1.807) is 18.2 Å². The van der Waals surface area contributed by atoms with Crippen molar-refractivity contribution in [3.8, 4) is 0 Å². The molecule has 1 aliphatic rings. The summed E-state index contributed by atoms with van der Waals surface area (Å²) in [6.07, 6.45) is 6.79. The van der Waals surface area contributed by atoms with Gasteiger partial charge in [0.15, 0.2) is 0 Å². The van der Waals surface area contributed by atoms with Gasteiger partial charge in [-0.25, -0.2) is 0 Å². The molecule has 0 spiro atoms. The fourth-order valence-corrected chi connectivity index (χ4v) is 3.14. The number of anilines is 1. The molecule has 0 radical (unpaired) electrons. The van der Waals surface area contributed by atoms with Gasteiger partial charge in [0, 0.05) is 18.2 Å². The first-order chi connectivity index (χ1) is 11.6. The molecule has 0 aromatic heterocycles. The molecule has 0 heterocycles. The summed E-state index contributed by atoms with van der Waals surface area (Å²) in [5.41, 5.74) is 1.01. The summed E-state index contributed by atoms with van der Waals surface area (Å²) in [4.78, 5) is 24.4. The van der Waals surface area contributed by atoms with Crippen LogP contribution in [0.2, 0.25) is 5.02 Å². The highest BCUT2D eigenvalue weighted by Crippen LogP contribution is 2.23. The molecule has 7 heteroatoms. The Balaban J connectivity index is 0.00000312. The van der Waals surface area contributed by atoms with Crippen LogP contribution in [0.1, 0.15) is 55.3 Å². The number of halogens is 2. The molecule has 1 aromatic rings. The van der Waals surface area contributed by atoms with Crippen molar-refractivity contribution in [2.24, 2.45) is 0 Å². The molecule has 3 N–H and O–H groups in total. The Kier molecular flexibility index (Phi) is 9.86. The second-order valence-corrected chi connectivity index (χ2v) is 6.67. The van der Waals surface area contributed by atoms with E-state index in [1.807, 2.05) is 7.05 Å². The highest BCUT2D eigenvalue weighted by Gasteiger charge is 2.18. The lowest BCUT2D eigenvalue weighted by Gasteiger charge is -2.23. The van der Waals surface area contributed by atoms with E-state index in [9.17, 15) is 9.59 Å². The van der Waals surface area contributed by atoms with E-state index in [2.05, 4.69) is 16.0 Å². The highest BCUT2D eigenvalue weighted by molar-refractivity contribution is 6.34. The largest absolute Gasteiger partial charge is 0.349 e. The van der Waals surface area contributed by atoms with Crippen molar-refractivity contribution in [1.29, 1.82) is 0 Å². The number of rotatable bonds is 7. The van der Waals surface area contributed by atoms with Gasteiger partial charge >= 0.3 is 0 Å². The number of hydrogen-bond donors (Lipinski definition) is 3. The van der Waals surface area contributed by atoms with Gasteiger partial charge in [-0.3, -0.25) is 9.59 Å². The number of nitrogens with one attached hydrogen (secondary N) is 3. The van der Waals surface area contributed by atoms with Crippen LogP contribution >= 0.6 is 24.0 Å². The summed E-state index contributed by atoms with van der Waals surface area (Å²) in [5, 5.41) is 9.28. The van der Waals surface area contributed by atoms with Gasteiger partial charge in [-0.2, -0.15) is 0 Å². The van der Waals surface area contributed by atoms with E-state index >= 15 is 0 Å². The Labute approximate surface area is 160 Å². The van der Waals surface area contributed by atoms with Crippen LogP contribution in [0.5, 0.6) is 0 Å². The average Bonchev–Trinajstić information content (AvgIpc) is 2.57. The number of hydrogen-bond acceptors (Lipinski definition) is 3. The maximum absolute atomic E-state index is 12.5. The molecule has 0 aliphatic heterocycles. The predicted molar refractivity (Wildman–Crippen MR) is 105 cm³/mol. The second-order valence-electron chi connectivity index (χ2n) is 6.26. The zero-order valence-electron chi connectivity index (χ0n) is 14.6. The molecule has 1 aliphatic carbocycles. The van der Waals surface area contributed by atoms with Crippen molar-refractivity contribution >= 4 is 41.5 Å². The van der Waals surface area contributed by atoms with Gasteiger partial charge in [0.05, 0.1) is 10.6 Å². The molecule has 0 unspecified atom stereocenters. The van der Waals surface area contributed by atoms with E-state index in [1.165, 1.54) is 6.42 Å². The van der Waals surface area contributed by atoms with E-state index in [4.69, 9.17) is 11.6 Å². The van der Waals surface area contributed by atoms with Crippen LogP contribution < -0.4 is 16.0 Å². The monoisotopic (exact) mass is 387 g/mol. The molecule has 1 aromatic carbocycles. The summed E-state index contributed by atoms with van der Waals surface area (Å²) >= 11 is 6.17. The number of benzene rings is 1. The van der Waals surface area contributed by atoms with Crippen LogP contribution in [0.3, 0.4) is 0 Å². The van der Waals surface area contributed by atoms with Crippen LogP contribution in [0.25, 0.3) is 0 Å². The van der Waals surface area contributed by atoms with Crippen LogP contribution in [0.4, 0.5) is 5.69 Å². The van der Waals surface area contributed by atoms with Crippen molar-refractivity contribution < 1.29 is 9.59 Å². The predicted octanol–water partition coefficient (Wildman–Crippen LogP) is 3.76. The summed E-state index contributed by atoms with van der Waals surface area (Å²) in [7, 11) is 1.86. The first-order valence-electron chi connectivity index (χ1n) is 8.65. The van der Waals surface area contributed by atoms with Crippen molar-refractivity contribution in [3.63, 3.8) is 0 Å². The van der Waals surface area contributed by atoms with Crippen LogP contribution in [0, 0.1) is 0 Å². The van der Waals surface area contributed by atoms with Gasteiger partial charge in [-0.15, -0.1) is 12.4 Å². The fraction of sp³-hybridized carbons (Fsp3) is 0.556. The number of carbonyl (C=O) groups excluding carboxylic acids is 2. The zero-order valence-corrected chi connectivity index (χ0v) is 16.1. The Morgan fingerprint density at radius 2 is 1.92 bits per heavy atom. The Morgan fingerprint density at radius 1 is 1.20 bits per heavy atom. The van der Waals surface area contributed by atoms with Crippen LogP contribution in [-0.2, 0) is 4.79 Å². The van der Waals surface area contributed by atoms with Crippen molar-refractivity contribution in [2.45, 2.75) is 51.0 Å². The normalized spacial score (nSPS) is 14.5. The lowest BCUT2D eigenvalue weighted by atomic mass is 9.95. The summed E-state index contributed by atoms with van der Waals surface area (Å²) in [6.45, 7) is 0.795. The van der Waals surface area contributed by atoms with Gasteiger partial charge in [-0.05, 0) is 51.1 Å². The maximum atomic E-state index is 12.5. The molecule has 0 atom stereocenters. The quantitative estimate of drug-likeness (QED) is 0.623. The highest BCUT2D eigenvalue weighted by atomic mass is 35.5. The summed E-state index contributed by atoms with van der Waals surface area (Å²) in [5.74, 6) is -0.232. The van der Waals surface area contributed by atoms with Gasteiger partial charge in [0.1, 0.15) is 0 Å². The fourth-order valence-electron chi connectivity index (χ4n) is 2.94. The van der Waals surface area contributed by atoms with Crippen LogP contribution in [0.15, 0.2) is 18.2 Å². The van der Waals surface area contributed by atoms with Crippen LogP contribution in [-0.4, -0.2) is 31.4 Å². The lowest BCUT2D eigenvalue weighted by Crippen LogP contribution is -2.36. The first-order valence-corrected chi connectivity index (χ1v) is 9.03. The van der Waals surface area contributed by atoms with E-state index < -0.39 is 0 Å². The zero-order chi connectivity index (χ0) is 17.4. The lowest BCUT2D eigenvalue weighted by molar-refractivity contribution is -0.116. The molecule has 1 fully saturated rings. The standard InChI is InChI=1S/C18H26ClN3O2.ClH/c1-20-11-5-8-17(23)21-14-9-10-16(19)15(12-14)18(24)22-13-6-3-2-4-7-13;/h9-10,12-13,20H,2-8,11H2,1H3,(H,21,23)(H,22,24);1H. The summed E-state index contributed by atoms with van der Waals surface area (Å²) < 4.78 is 0. The third-order valence-corrected chi connectivity index (χ3v) is 4.60. The van der Waals surface area contributed by atoms with E-state index in [0.717, 1.165) is 38.6 Å². The maximum Gasteiger partial charge on any atom is 0.253 e. The molecule has 2 rings (SSSR count). The first kappa shape index (κ1) is 21.7. The molecule has 140 valence electrons. The van der Waals surface area contributed by atoms with Gasteiger partial charge in [0.25, 0.3) is 5.91 Å². The second kappa shape index (κ2) is 11.3. The molecule has 0 bridgehead atoms. The third-order valence-electron chi connectivity index (χ3n) is 4.27. The van der Waals surface area contributed by atoms with Crippen molar-refractivity contribution in [1.82, 2.24) is 10.6 Å². The SMILES string of the molecule is CNCCCC(=O)Nc1ccc(Cl)c(C(=O)NC2CCCCC2)c1.Cl. The Morgan fingerprint density at radius 3 is 2.60 bits per heavy atom. The van der Waals surface area contributed by atoms with Crippen molar-refractivity contribution in [2.75, 3.05) is 18.9 Å². The third kappa shape index (κ3) is 7.22. The molecule has 0 saturated heterocycles. The Bertz CT molecular complexity index is 575. The van der Waals surface area contributed by atoms with E-state index in [-0.39, 0.29) is 30.3 Å². The molecule has 1 saturated carbocycles. The molecule has 5 nitrogen and oxygen atoms in total. The minimum Gasteiger partial charge on any atom is -0.349 e. The van der Waals surface area contributed by atoms with E-state index in [0.29, 0.717) is 22.7 Å². The van der Waals surface area contributed by atoms with Gasteiger partial charge in [0.2, 0.25) is 5.91 Å². The molecular formula is C18H27Cl2N3O2. The molecular weight excluding hydrogens is 361 g/mol. The average molecular weight is 388 g/mol. The Hall–Kier alpha value is -1.30. The number of carbonyl (C=O) groups is 2.